The number of allylic oxidation sites excluding steroid dienone is 8. The van der Waals surface area contributed by atoms with E-state index in [9.17, 15) is 0 Å². The van der Waals surface area contributed by atoms with Gasteiger partial charge in [-0.2, -0.15) is 0 Å². The van der Waals surface area contributed by atoms with E-state index in [0.29, 0.717) is 0 Å². The van der Waals surface area contributed by atoms with Crippen LogP contribution in [0.25, 0.3) is 28.9 Å². The smallest absolute Gasteiger partial charge is 0.145 e. The molecule has 114 valence electrons. The molecular formula is C21H20N2. The van der Waals surface area contributed by atoms with Crippen molar-refractivity contribution in [3.63, 3.8) is 0 Å². The Morgan fingerprint density at radius 3 is 2.48 bits per heavy atom. The number of fused-ring (bicyclic) bond motifs is 1. The van der Waals surface area contributed by atoms with Gasteiger partial charge in [-0.05, 0) is 30.4 Å². The van der Waals surface area contributed by atoms with Gasteiger partial charge in [-0.25, -0.2) is 4.98 Å². The predicted octanol–water partition coefficient (Wildman–Crippen LogP) is 5.65. The summed E-state index contributed by atoms with van der Waals surface area (Å²) < 4.78 is 2.06. The zero-order valence-electron chi connectivity index (χ0n) is 13.2. The number of nitrogens with zero attached hydrogens (tertiary/aromatic N) is 2. The molecule has 2 rings (SSSR count). The van der Waals surface area contributed by atoms with Crippen molar-refractivity contribution >= 4 is 28.9 Å². The Bertz CT molecular complexity index is 842. The lowest BCUT2D eigenvalue weighted by molar-refractivity contribution is 1.12. The highest BCUT2D eigenvalue weighted by Gasteiger charge is 2.15. The fourth-order valence-electron chi connectivity index (χ4n) is 2.42. The zero-order valence-corrected chi connectivity index (χ0v) is 13.2. The Morgan fingerprint density at radius 2 is 1.83 bits per heavy atom. The van der Waals surface area contributed by atoms with E-state index in [0.717, 1.165) is 28.0 Å². The van der Waals surface area contributed by atoms with Crippen molar-refractivity contribution in [3.8, 4) is 0 Å². The molecule has 0 fully saturated rings. The normalized spacial score (nSPS) is 12.1. The van der Waals surface area contributed by atoms with Crippen LogP contribution < -0.4 is 0 Å². The largest absolute Gasteiger partial charge is 0.294 e. The van der Waals surface area contributed by atoms with Gasteiger partial charge in [0, 0.05) is 22.8 Å². The van der Waals surface area contributed by atoms with Gasteiger partial charge in [-0.15, -0.1) is 0 Å². The molecule has 0 aliphatic rings. The molecule has 2 heterocycles. The Hall–Kier alpha value is -3.13. The summed E-state index contributed by atoms with van der Waals surface area (Å²) in [5, 5.41) is 1.05. The zero-order chi connectivity index (χ0) is 16.7. The van der Waals surface area contributed by atoms with Crippen LogP contribution in [0.3, 0.4) is 0 Å². The molecule has 0 saturated heterocycles. The topological polar surface area (TPSA) is 17.8 Å². The molecule has 0 atom stereocenters. The van der Waals surface area contributed by atoms with E-state index in [-0.39, 0.29) is 0 Å². The van der Waals surface area contributed by atoms with Gasteiger partial charge in [0.05, 0.1) is 5.69 Å². The highest BCUT2D eigenvalue weighted by molar-refractivity contribution is 5.94. The van der Waals surface area contributed by atoms with E-state index in [1.54, 1.807) is 24.4 Å². The van der Waals surface area contributed by atoms with Crippen LogP contribution >= 0.6 is 0 Å². The van der Waals surface area contributed by atoms with Crippen molar-refractivity contribution in [2.75, 3.05) is 0 Å². The minimum Gasteiger partial charge on any atom is -0.294 e. The molecule has 2 nitrogen and oxygen atoms in total. The standard InChI is InChI=1S/C21H20N2/c1-5-9-11-13-17(7-3)23-20(15-10-6-2)18(8-4)19-14-12-16-22-21(19)23/h5-16H,1-4H2/b11-9-,15-10-,17-13+. The van der Waals surface area contributed by atoms with E-state index < -0.39 is 0 Å². The molecule has 0 aliphatic carbocycles. The van der Waals surface area contributed by atoms with E-state index in [4.69, 9.17) is 0 Å². The summed E-state index contributed by atoms with van der Waals surface area (Å²) in [7, 11) is 0. The van der Waals surface area contributed by atoms with Gasteiger partial charge in [0.25, 0.3) is 0 Å². The molecule has 0 saturated carbocycles. The first kappa shape index (κ1) is 16.2. The second kappa shape index (κ2) is 7.76. The summed E-state index contributed by atoms with van der Waals surface area (Å²) >= 11 is 0. The molecule has 0 amide bonds. The lowest BCUT2D eigenvalue weighted by Crippen LogP contribution is -1.98. The maximum absolute atomic E-state index is 4.54. The molecule has 2 aromatic heterocycles. The van der Waals surface area contributed by atoms with Crippen LogP contribution in [0, 0.1) is 0 Å². The Labute approximate surface area is 137 Å². The Balaban J connectivity index is 2.86. The van der Waals surface area contributed by atoms with Crippen LogP contribution in [-0.4, -0.2) is 9.55 Å². The first-order valence-electron chi connectivity index (χ1n) is 7.31. The molecule has 0 spiro atoms. The van der Waals surface area contributed by atoms with Gasteiger partial charge in [0.2, 0.25) is 0 Å². The molecule has 2 aromatic rings. The molecule has 0 N–H and O–H groups in total. The summed E-state index contributed by atoms with van der Waals surface area (Å²) in [5.41, 5.74) is 3.81. The predicted molar refractivity (Wildman–Crippen MR) is 103 cm³/mol. The first-order valence-corrected chi connectivity index (χ1v) is 7.31. The average Bonchev–Trinajstić information content (AvgIpc) is 2.90. The monoisotopic (exact) mass is 300 g/mol. The molecule has 0 unspecified atom stereocenters. The van der Waals surface area contributed by atoms with Crippen molar-refractivity contribution in [3.05, 3.63) is 98.4 Å². The third-order valence-corrected chi connectivity index (χ3v) is 3.38. The van der Waals surface area contributed by atoms with Crippen LogP contribution in [0.5, 0.6) is 0 Å². The first-order chi connectivity index (χ1) is 11.3. The van der Waals surface area contributed by atoms with Crippen LogP contribution in [0.15, 0.2) is 87.2 Å². The Kier molecular flexibility index (Phi) is 5.48. The minimum atomic E-state index is 0.865. The van der Waals surface area contributed by atoms with E-state index >= 15 is 0 Å². The molecule has 0 radical (unpaired) electrons. The number of aromatic nitrogens is 2. The van der Waals surface area contributed by atoms with Gasteiger partial charge >= 0.3 is 0 Å². The van der Waals surface area contributed by atoms with Crippen LogP contribution in [-0.2, 0) is 0 Å². The van der Waals surface area contributed by atoms with Crippen LogP contribution in [0.1, 0.15) is 11.3 Å². The molecule has 0 aromatic carbocycles. The fraction of sp³-hybridized carbons (Fsp3) is 0. The molecule has 0 bridgehead atoms. The molecule has 0 aliphatic heterocycles. The summed E-state index contributed by atoms with van der Waals surface area (Å²) in [6, 6.07) is 3.97. The van der Waals surface area contributed by atoms with Crippen molar-refractivity contribution in [1.29, 1.82) is 0 Å². The van der Waals surface area contributed by atoms with Crippen LogP contribution in [0.4, 0.5) is 0 Å². The van der Waals surface area contributed by atoms with Crippen molar-refractivity contribution in [2.45, 2.75) is 0 Å². The number of rotatable bonds is 7. The summed E-state index contributed by atoms with van der Waals surface area (Å²) in [4.78, 5) is 4.54. The minimum absolute atomic E-state index is 0.865. The maximum Gasteiger partial charge on any atom is 0.145 e. The second-order valence-electron chi connectivity index (χ2n) is 4.72. The highest BCUT2D eigenvalue weighted by atomic mass is 15.1. The van der Waals surface area contributed by atoms with E-state index in [1.807, 2.05) is 48.6 Å². The van der Waals surface area contributed by atoms with E-state index in [1.165, 1.54) is 0 Å². The second-order valence-corrected chi connectivity index (χ2v) is 4.72. The summed E-state index contributed by atoms with van der Waals surface area (Å²) in [6.07, 6.45) is 18.6. The van der Waals surface area contributed by atoms with Crippen molar-refractivity contribution in [2.24, 2.45) is 0 Å². The van der Waals surface area contributed by atoms with Gasteiger partial charge < -0.3 is 0 Å². The number of pyridine rings is 1. The van der Waals surface area contributed by atoms with Gasteiger partial charge in [-0.3, -0.25) is 4.57 Å². The molecule has 23 heavy (non-hydrogen) atoms. The van der Waals surface area contributed by atoms with Crippen molar-refractivity contribution in [1.82, 2.24) is 9.55 Å². The molecular weight excluding hydrogens is 280 g/mol. The van der Waals surface area contributed by atoms with Gasteiger partial charge in [-0.1, -0.05) is 62.8 Å². The number of hydrogen-bond donors (Lipinski definition) is 0. The third kappa shape index (κ3) is 3.22. The third-order valence-electron chi connectivity index (χ3n) is 3.38. The highest BCUT2D eigenvalue weighted by Crippen LogP contribution is 2.30. The van der Waals surface area contributed by atoms with Crippen molar-refractivity contribution < 1.29 is 0 Å². The lowest BCUT2D eigenvalue weighted by atomic mass is 10.1. The Morgan fingerprint density at radius 1 is 1.04 bits per heavy atom. The van der Waals surface area contributed by atoms with Gasteiger partial charge in [0.1, 0.15) is 5.65 Å². The van der Waals surface area contributed by atoms with E-state index in [2.05, 4.69) is 35.9 Å². The maximum atomic E-state index is 4.54. The quantitative estimate of drug-likeness (QED) is 0.604. The van der Waals surface area contributed by atoms with Crippen LogP contribution in [0.2, 0.25) is 0 Å². The molecule has 2 heteroatoms. The van der Waals surface area contributed by atoms with Gasteiger partial charge in [0.15, 0.2) is 0 Å². The SMILES string of the molecule is C=C/C=C\C=C(/C=C)n1c(/C=C\C=C)c(C=C)c2cccnc21. The summed E-state index contributed by atoms with van der Waals surface area (Å²) in [5.74, 6) is 0. The number of hydrogen-bond acceptors (Lipinski definition) is 1. The average molecular weight is 300 g/mol. The summed E-state index contributed by atoms with van der Waals surface area (Å²) in [6.45, 7) is 15.3. The fourth-order valence-corrected chi connectivity index (χ4v) is 2.42. The lowest BCUT2D eigenvalue weighted by Gasteiger charge is -2.08.